The van der Waals surface area contributed by atoms with Gasteiger partial charge in [-0.2, -0.15) is 11.8 Å². The summed E-state index contributed by atoms with van der Waals surface area (Å²) in [6.07, 6.45) is -0.245. The van der Waals surface area contributed by atoms with Crippen LogP contribution in [0.2, 0.25) is 0 Å². The molecular formula is C9H10OS. The van der Waals surface area contributed by atoms with Gasteiger partial charge in [0.05, 0.1) is 6.10 Å². The molecule has 1 unspecified atom stereocenters. The molecule has 1 N–H and O–H groups in total. The Morgan fingerprint density at radius 3 is 3.00 bits per heavy atom. The zero-order chi connectivity index (χ0) is 7.68. The van der Waals surface area contributed by atoms with Gasteiger partial charge in [-0.3, -0.25) is 0 Å². The van der Waals surface area contributed by atoms with E-state index in [1.165, 1.54) is 5.56 Å². The van der Waals surface area contributed by atoms with Crippen molar-refractivity contribution in [3.05, 3.63) is 35.4 Å². The van der Waals surface area contributed by atoms with Crippen LogP contribution in [0.3, 0.4) is 0 Å². The second-order valence-electron chi connectivity index (χ2n) is 2.73. The summed E-state index contributed by atoms with van der Waals surface area (Å²) >= 11 is 1.80. The lowest BCUT2D eigenvalue weighted by Crippen LogP contribution is -2.09. The van der Waals surface area contributed by atoms with Crippen LogP contribution in [-0.4, -0.2) is 10.9 Å². The van der Waals surface area contributed by atoms with Crippen molar-refractivity contribution in [3.63, 3.8) is 0 Å². The van der Waals surface area contributed by atoms with Crippen LogP contribution in [-0.2, 0) is 5.75 Å². The summed E-state index contributed by atoms with van der Waals surface area (Å²) < 4.78 is 0. The smallest absolute Gasteiger partial charge is 0.0883 e. The Morgan fingerprint density at radius 2 is 2.18 bits per heavy atom. The number of rotatable bonds is 0. The molecule has 58 valence electrons. The Labute approximate surface area is 70.4 Å². The second kappa shape index (κ2) is 2.88. The van der Waals surface area contributed by atoms with Crippen LogP contribution in [0.1, 0.15) is 17.2 Å². The molecule has 1 atom stereocenters. The molecule has 1 aromatic rings. The first-order valence-electron chi connectivity index (χ1n) is 3.71. The highest BCUT2D eigenvalue weighted by Crippen LogP contribution is 2.30. The van der Waals surface area contributed by atoms with E-state index < -0.39 is 0 Å². The molecule has 0 radical (unpaired) electrons. The van der Waals surface area contributed by atoms with E-state index in [1.807, 2.05) is 18.2 Å². The normalized spacial score (nSPS) is 22.8. The molecule has 0 saturated heterocycles. The quantitative estimate of drug-likeness (QED) is 0.636. The first-order chi connectivity index (χ1) is 5.38. The maximum absolute atomic E-state index is 9.54. The molecule has 0 saturated carbocycles. The number of thioether (sulfide) groups is 1. The van der Waals surface area contributed by atoms with Crippen molar-refractivity contribution in [2.45, 2.75) is 11.9 Å². The maximum Gasteiger partial charge on any atom is 0.0883 e. The summed E-state index contributed by atoms with van der Waals surface area (Å²) in [6.45, 7) is 0. The minimum Gasteiger partial charge on any atom is -0.388 e. The van der Waals surface area contributed by atoms with Gasteiger partial charge in [0, 0.05) is 11.5 Å². The van der Waals surface area contributed by atoms with Crippen molar-refractivity contribution in [1.82, 2.24) is 0 Å². The molecule has 1 aliphatic rings. The average molecular weight is 166 g/mol. The third kappa shape index (κ3) is 1.28. The number of hydrogen-bond acceptors (Lipinski definition) is 2. The number of fused-ring (bicyclic) bond motifs is 1. The molecule has 1 aliphatic heterocycles. The summed E-state index contributed by atoms with van der Waals surface area (Å²) in [5, 5.41) is 9.54. The topological polar surface area (TPSA) is 20.2 Å². The average Bonchev–Trinajstić information content (AvgIpc) is 2.06. The van der Waals surface area contributed by atoms with Crippen LogP contribution in [0.4, 0.5) is 0 Å². The van der Waals surface area contributed by atoms with Crippen LogP contribution in [0.25, 0.3) is 0 Å². The Hall–Kier alpha value is -0.470. The molecule has 1 aromatic carbocycles. The van der Waals surface area contributed by atoms with E-state index >= 15 is 0 Å². The molecule has 1 nitrogen and oxygen atoms in total. The van der Waals surface area contributed by atoms with Gasteiger partial charge in [-0.1, -0.05) is 24.3 Å². The molecule has 1 heterocycles. The Kier molecular flexibility index (Phi) is 1.88. The molecule has 2 heteroatoms. The van der Waals surface area contributed by atoms with Gasteiger partial charge in [-0.25, -0.2) is 0 Å². The van der Waals surface area contributed by atoms with Crippen molar-refractivity contribution in [1.29, 1.82) is 0 Å². The largest absolute Gasteiger partial charge is 0.388 e. The summed E-state index contributed by atoms with van der Waals surface area (Å²) in [5.74, 6) is 1.89. The first kappa shape index (κ1) is 7.19. The highest BCUT2D eigenvalue weighted by Gasteiger charge is 2.16. The monoisotopic (exact) mass is 166 g/mol. The molecule has 0 aliphatic carbocycles. The van der Waals surface area contributed by atoms with E-state index in [9.17, 15) is 5.11 Å². The Morgan fingerprint density at radius 1 is 1.36 bits per heavy atom. The summed E-state index contributed by atoms with van der Waals surface area (Å²) in [6, 6.07) is 8.11. The summed E-state index contributed by atoms with van der Waals surface area (Å²) in [7, 11) is 0. The fourth-order valence-corrected chi connectivity index (χ4v) is 2.36. The molecular weight excluding hydrogens is 156 g/mol. The van der Waals surface area contributed by atoms with Crippen LogP contribution in [0.15, 0.2) is 24.3 Å². The fourth-order valence-electron chi connectivity index (χ4n) is 1.36. The lowest BCUT2D eigenvalue weighted by Gasteiger charge is -2.20. The summed E-state index contributed by atoms with van der Waals surface area (Å²) in [4.78, 5) is 0. The number of hydrogen-bond donors (Lipinski definition) is 1. The Balaban J connectivity index is 2.44. The van der Waals surface area contributed by atoms with Gasteiger partial charge in [-0.05, 0) is 11.1 Å². The van der Waals surface area contributed by atoms with E-state index in [0.29, 0.717) is 0 Å². The SMILES string of the molecule is OC1CSCc2ccccc21. The van der Waals surface area contributed by atoms with Crippen molar-refractivity contribution < 1.29 is 5.11 Å². The van der Waals surface area contributed by atoms with Gasteiger partial charge in [0.1, 0.15) is 0 Å². The van der Waals surface area contributed by atoms with Gasteiger partial charge in [0.25, 0.3) is 0 Å². The van der Waals surface area contributed by atoms with Crippen LogP contribution >= 0.6 is 11.8 Å². The lowest BCUT2D eigenvalue weighted by molar-refractivity contribution is 0.202. The molecule has 0 fully saturated rings. The molecule has 0 bridgehead atoms. The maximum atomic E-state index is 9.54. The Bertz CT molecular complexity index is 259. The lowest BCUT2D eigenvalue weighted by atomic mass is 10.0. The molecule has 0 spiro atoms. The van der Waals surface area contributed by atoms with Gasteiger partial charge < -0.3 is 5.11 Å². The first-order valence-corrected chi connectivity index (χ1v) is 4.87. The predicted molar refractivity (Wildman–Crippen MR) is 47.6 cm³/mol. The van der Waals surface area contributed by atoms with Crippen molar-refractivity contribution in [3.8, 4) is 0 Å². The van der Waals surface area contributed by atoms with E-state index in [0.717, 1.165) is 17.1 Å². The number of aliphatic hydroxyl groups excluding tert-OH is 1. The summed E-state index contributed by atoms with van der Waals surface area (Å²) in [5.41, 5.74) is 2.41. The zero-order valence-electron chi connectivity index (χ0n) is 6.16. The van der Waals surface area contributed by atoms with Crippen LogP contribution in [0, 0.1) is 0 Å². The third-order valence-corrected chi connectivity index (χ3v) is 3.01. The van der Waals surface area contributed by atoms with Crippen LogP contribution < -0.4 is 0 Å². The molecule has 2 rings (SSSR count). The third-order valence-electron chi connectivity index (χ3n) is 1.95. The standard InChI is InChI=1S/C9H10OS/c10-9-6-11-5-7-3-1-2-4-8(7)9/h1-4,9-10H,5-6H2. The predicted octanol–water partition coefficient (Wildman–Crippen LogP) is 1.97. The van der Waals surface area contributed by atoms with Crippen molar-refractivity contribution >= 4 is 11.8 Å². The highest BCUT2D eigenvalue weighted by molar-refractivity contribution is 7.98. The zero-order valence-corrected chi connectivity index (χ0v) is 6.97. The van der Waals surface area contributed by atoms with Gasteiger partial charge in [-0.15, -0.1) is 0 Å². The van der Waals surface area contributed by atoms with Crippen LogP contribution in [0.5, 0.6) is 0 Å². The second-order valence-corrected chi connectivity index (χ2v) is 3.76. The number of aliphatic hydroxyl groups is 1. The van der Waals surface area contributed by atoms with Gasteiger partial charge in [0.2, 0.25) is 0 Å². The highest BCUT2D eigenvalue weighted by atomic mass is 32.2. The fraction of sp³-hybridized carbons (Fsp3) is 0.333. The van der Waals surface area contributed by atoms with E-state index in [-0.39, 0.29) is 6.10 Å². The number of benzene rings is 1. The van der Waals surface area contributed by atoms with Gasteiger partial charge >= 0.3 is 0 Å². The van der Waals surface area contributed by atoms with E-state index in [1.54, 1.807) is 11.8 Å². The molecule has 11 heavy (non-hydrogen) atoms. The minimum atomic E-state index is -0.245. The molecule has 0 amide bonds. The minimum absolute atomic E-state index is 0.245. The van der Waals surface area contributed by atoms with Gasteiger partial charge in [0.15, 0.2) is 0 Å². The molecule has 0 aromatic heterocycles. The van der Waals surface area contributed by atoms with Crippen molar-refractivity contribution in [2.75, 3.05) is 5.75 Å². The van der Waals surface area contributed by atoms with E-state index in [4.69, 9.17) is 0 Å². The van der Waals surface area contributed by atoms with Crippen molar-refractivity contribution in [2.24, 2.45) is 0 Å². The van der Waals surface area contributed by atoms with E-state index in [2.05, 4.69) is 6.07 Å².